The van der Waals surface area contributed by atoms with E-state index in [1.165, 1.54) is 5.69 Å². The lowest BCUT2D eigenvalue weighted by Gasteiger charge is -2.36. The van der Waals surface area contributed by atoms with Crippen LogP contribution >= 0.6 is 11.3 Å². The van der Waals surface area contributed by atoms with E-state index in [2.05, 4.69) is 37.6 Å². The minimum atomic E-state index is -4.50. The maximum atomic E-state index is 12.5. The van der Waals surface area contributed by atoms with Gasteiger partial charge in [0.05, 0.1) is 0 Å². The Morgan fingerprint density at radius 2 is 1.86 bits per heavy atom. The number of anilines is 2. The van der Waals surface area contributed by atoms with Crippen LogP contribution in [0.25, 0.3) is 0 Å². The van der Waals surface area contributed by atoms with Gasteiger partial charge >= 0.3 is 12.2 Å². The summed E-state index contributed by atoms with van der Waals surface area (Å²) < 4.78 is 37.5. The van der Waals surface area contributed by atoms with Crippen molar-refractivity contribution in [2.24, 2.45) is 0 Å². The predicted octanol–water partition coefficient (Wildman–Crippen LogP) is 3.50. The average molecular weight is 413 g/mol. The van der Waals surface area contributed by atoms with Crippen LogP contribution in [-0.4, -0.2) is 55.2 Å². The number of piperazine rings is 1. The molecule has 2 amide bonds. The lowest BCUT2D eigenvalue weighted by Crippen LogP contribution is -2.47. The molecule has 1 aliphatic heterocycles. The third-order valence-corrected chi connectivity index (χ3v) is 5.20. The fourth-order valence-electron chi connectivity index (χ4n) is 2.98. The molecule has 0 aliphatic carbocycles. The molecule has 2 N–H and O–H groups in total. The van der Waals surface area contributed by atoms with Crippen molar-refractivity contribution >= 4 is 28.2 Å². The smallest absolute Gasteiger partial charge is 0.369 e. The monoisotopic (exact) mass is 413 g/mol. The van der Waals surface area contributed by atoms with Gasteiger partial charge < -0.3 is 10.2 Å². The Kier molecular flexibility index (Phi) is 6.74. The molecule has 1 fully saturated rings. The van der Waals surface area contributed by atoms with Crippen molar-refractivity contribution in [1.82, 2.24) is 15.2 Å². The van der Waals surface area contributed by atoms with Gasteiger partial charge in [0.15, 0.2) is 10.8 Å². The summed E-state index contributed by atoms with van der Waals surface area (Å²) in [6, 6.07) is 9.75. The molecule has 2 aromatic rings. The van der Waals surface area contributed by atoms with Gasteiger partial charge in [0.25, 0.3) is 0 Å². The summed E-state index contributed by atoms with van der Waals surface area (Å²) in [5, 5.41) is 5.80. The number of amides is 2. The number of urea groups is 1. The molecule has 1 saturated heterocycles. The first-order valence-corrected chi connectivity index (χ1v) is 9.90. The number of thiazole rings is 1. The minimum absolute atomic E-state index is 0.0677. The fourth-order valence-corrected chi connectivity index (χ4v) is 3.69. The van der Waals surface area contributed by atoms with Gasteiger partial charge in [0.2, 0.25) is 0 Å². The first-order valence-electron chi connectivity index (χ1n) is 9.02. The summed E-state index contributed by atoms with van der Waals surface area (Å²) in [5.41, 5.74) is 0.235. The van der Waals surface area contributed by atoms with E-state index in [0.717, 1.165) is 55.9 Å². The van der Waals surface area contributed by atoms with E-state index in [1.807, 2.05) is 18.2 Å². The second-order valence-corrected chi connectivity index (χ2v) is 7.29. The van der Waals surface area contributed by atoms with Crippen LogP contribution in [0.2, 0.25) is 0 Å². The molecule has 0 bridgehead atoms. The molecule has 0 atom stereocenters. The van der Waals surface area contributed by atoms with Crippen LogP contribution in [-0.2, 0) is 6.18 Å². The van der Waals surface area contributed by atoms with Crippen molar-refractivity contribution in [3.63, 3.8) is 0 Å². The highest BCUT2D eigenvalue weighted by molar-refractivity contribution is 7.13. The predicted molar refractivity (Wildman–Crippen MR) is 104 cm³/mol. The second kappa shape index (κ2) is 9.24. The molecule has 0 spiro atoms. The number of nitrogens with one attached hydrogen (secondary N) is 2. The normalized spacial score (nSPS) is 15.5. The van der Waals surface area contributed by atoms with Gasteiger partial charge in [-0.2, -0.15) is 13.2 Å². The summed E-state index contributed by atoms with van der Waals surface area (Å²) in [4.78, 5) is 19.8. The van der Waals surface area contributed by atoms with Gasteiger partial charge in [-0.15, -0.1) is 11.3 Å². The molecular weight excluding hydrogens is 391 g/mol. The number of carbonyl (C=O) groups excluding carboxylic acids is 1. The molecule has 0 radical (unpaired) electrons. The van der Waals surface area contributed by atoms with Crippen molar-refractivity contribution in [2.75, 3.05) is 49.5 Å². The van der Waals surface area contributed by atoms with Gasteiger partial charge in [-0.05, 0) is 25.1 Å². The highest BCUT2D eigenvalue weighted by Crippen LogP contribution is 2.31. The molecular formula is C18H22F3N5OS. The zero-order chi connectivity index (χ0) is 20.0. The zero-order valence-electron chi connectivity index (χ0n) is 15.2. The first-order chi connectivity index (χ1) is 13.4. The van der Waals surface area contributed by atoms with Gasteiger partial charge in [-0.1, -0.05) is 18.2 Å². The quantitative estimate of drug-likeness (QED) is 0.712. The van der Waals surface area contributed by atoms with Crippen LogP contribution in [0.1, 0.15) is 12.1 Å². The summed E-state index contributed by atoms with van der Waals surface area (Å²) in [6.07, 6.45) is -3.73. The van der Waals surface area contributed by atoms with Gasteiger partial charge in [-0.3, -0.25) is 10.2 Å². The number of hydrogen-bond donors (Lipinski definition) is 2. The number of para-hydroxylation sites is 1. The van der Waals surface area contributed by atoms with Crippen LogP contribution in [0.5, 0.6) is 0 Å². The van der Waals surface area contributed by atoms with Crippen LogP contribution in [0, 0.1) is 0 Å². The van der Waals surface area contributed by atoms with Crippen molar-refractivity contribution in [2.45, 2.75) is 12.6 Å². The Labute approximate surface area is 165 Å². The average Bonchev–Trinajstić information content (AvgIpc) is 3.15. The van der Waals surface area contributed by atoms with Crippen LogP contribution in [0.15, 0.2) is 35.7 Å². The SMILES string of the molecule is O=C(NCCCN1CCN(c2ccccc2)CC1)Nc1nc(C(F)(F)F)cs1. The number of halogens is 3. The van der Waals surface area contributed by atoms with Crippen LogP contribution < -0.4 is 15.5 Å². The minimum Gasteiger partial charge on any atom is -0.369 e. The Bertz CT molecular complexity index is 760. The number of carbonyl (C=O) groups is 1. The van der Waals surface area contributed by atoms with Crippen molar-refractivity contribution in [3.8, 4) is 0 Å². The molecule has 0 unspecified atom stereocenters. The van der Waals surface area contributed by atoms with E-state index in [4.69, 9.17) is 0 Å². The highest BCUT2D eigenvalue weighted by Gasteiger charge is 2.33. The topological polar surface area (TPSA) is 60.5 Å². The molecule has 10 heteroatoms. The zero-order valence-corrected chi connectivity index (χ0v) is 16.0. The molecule has 3 rings (SSSR count). The molecule has 2 heterocycles. The standard InChI is InChI=1S/C18H22F3N5OS/c19-18(20,21)15-13-28-17(23-15)24-16(27)22-7-4-8-25-9-11-26(12-10-25)14-5-2-1-3-6-14/h1-3,5-6,13H,4,7-12H2,(H2,22,23,24,27). The highest BCUT2D eigenvalue weighted by atomic mass is 32.1. The van der Waals surface area contributed by atoms with Gasteiger partial charge in [0.1, 0.15) is 0 Å². The van der Waals surface area contributed by atoms with E-state index in [9.17, 15) is 18.0 Å². The number of nitrogens with zero attached hydrogens (tertiary/aromatic N) is 3. The molecule has 6 nitrogen and oxygen atoms in total. The second-order valence-electron chi connectivity index (χ2n) is 6.43. The largest absolute Gasteiger partial charge is 0.434 e. The third-order valence-electron chi connectivity index (χ3n) is 4.45. The number of hydrogen-bond acceptors (Lipinski definition) is 5. The molecule has 152 valence electrons. The molecule has 1 aromatic carbocycles. The lowest BCUT2D eigenvalue weighted by molar-refractivity contribution is -0.140. The van der Waals surface area contributed by atoms with Crippen LogP contribution in [0.3, 0.4) is 0 Å². The molecule has 28 heavy (non-hydrogen) atoms. The van der Waals surface area contributed by atoms with Gasteiger partial charge in [-0.25, -0.2) is 9.78 Å². The Hall–Kier alpha value is -2.33. The molecule has 1 aromatic heterocycles. The third kappa shape index (κ3) is 5.83. The van der Waals surface area contributed by atoms with Crippen molar-refractivity contribution < 1.29 is 18.0 Å². The Morgan fingerprint density at radius 1 is 1.14 bits per heavy atom. The summed E-state index contributed by atoms with van der Waals surface area (Å²) in [5.74, 6) is 0. The summed E-state index contributed by atoms with van der Waals surface area (Å²) in [7, 11) is 0. The Morgan fingerprint density at radius 3 is 2.50 bits per heavy atom. The summed E-state index contributed by atoms with van der Waals surface area (Å²) in [6.45, 7) is 5.15. The maximum Gasteiger partial charge on any atom is 0.434 e. The van der Waals surface area contributed by atoms with Crippen molar-refractivity contribution in [1.29, 1.82) is 0 Å². The number of rotatable bonds is 6. The fraction of sp³-hybridized carbons (Fsp3) is 0.444. The molecule has 1 aliphatic rings. The maximum absolute atomic E-state index is 12.5. The van der Waals surface area contributed by atoms with Crippen molar-refractivity contribution in [3.05, 3.63) is 41.4 Å². The number of benzene rings is 1. The first kappa shape index (κ1) is 20.4. The number of alkyl halides is 3. The van der Waals surface area contributed by atoms with E-state index < -0.39 is 17.9 Å². The lowest BCUT2D eigenvalue weighted by atomic mass is 10.2. The van der Waals surface area contributed by atoms with E-state index >= 15 is 0 Å². The Balaban J connectivity index is 1.31. The van der Waals surface area contributed by atoms with E-state index in [-0.39, 0.29) is 5.13 Å². The van der Waals surface area contributed by atoms with Gasteiger partial charge in [0, 0.05) is 43.8 Å². The van der Waals surface area contributed by atoms with E-state index in [1.54, 1.807) is 0 Å². The summed E-state index contributed by atoms with van der Waals surface area (Å²) >= 11 is 0.749. The molecule has 0 saturated carbocycles. The van der Waals surface area contributed by atoms with Crippen LogP contribution in [0.4, 0.5) is 28.8 Å². The van der Waals surface area contributed by atoms with E-state index in [0.29, 0.717) is 6.54 Å². The number of aromatic nitrogens is 1.